The highest BCUT2D eigenvalue weighted by Crippen LogP contribution is 2.28. The number of rotatable bonds is 2. The number of carbonyl (C=O) groups is 1. The van der Waals surface area contributed by atoms with Gasteiger partial charge >= 0.3 is 0 Å². The van der Waals surface area contributed by atoms with E-state index in [1.165, 1.54) is 25.7 Å². The average molecular weight is 224 g/mol. The third kappa shape index (κ3) is 2.40. The molecule has 3 nitrogen and oxygen atoms in total. The Morgan fingerprint density at radius 1 is 1.25 bits per heavy atom. The maximum absolute atomic E-state index is 12.3. The molecule has 1 heterocycles. The third-order valence-electron chi connectivity index (χ3n) is 4.32. The fraction of sp³-hybridized carbons (Fsp3) is 0.923. The summed E-state index contributed by atoms with van der Waals surface area (Å²) in [6.45, 7) is 4.18. The van der Waals surface area contributed by atoms with Crippen LogP contribution in [0.2, 0.25) is 0 Å². The van der Waals surface area contributed by atoms with Gasteiger partial charge in [0.1, 0.15) is 0 Å². The molecule has 0 aromatic carbocycles. The Morgan fingerprint density at radius 2 is 2.00 bits per heavy atom. The second-order valence-electron chi connectivity index (χ2n) is 5.47. The molecule has 0 radical (unpaired) electrons. The molecule has 0 aromatic rings. The molecule has 2 rings (SSSR count). The molecule has 1 aliphatic heterocycles. The third-order valence-corrected chi connectivity index (χ3v) is 4.32. The number of nitrogens with zero attached hydrogens (tertiary/aromatic N) is 1. The van der Waals surface area contributed by atoms with Crippen molar-refractivity contribution in [3.05, 3.63) is 0 Å². The summed E-state index contributed by atoms with van der Waals surface area (Å²) in [5.74, 6) is 1.28. The van der Waals surface area contributed by atoms with Crippen molar-refractivity contribution in [2.45, 2.75) is 45.1 Å². The van der Waals surface area contributed by atoms with Gasteiger partial charge in [-0.25, -0.2) is 0 Å². The molecule has 3 unspecified atom stereocenters. The monoisotopic (exact) mass is 224 g/mol. The summed E-state index contributed by atoms with van der Waals surface area (Å²) >= 11 is 0. The van der Waals surface area contributed by atoms with Gasteiger partial charge in [0.25, 0.3) is 0 Å². The van der Waals surface area contributed by atoms with E-state index in [1.54, 1.807) is 0 Å². The fourth-order valence-corrected chi connectivity index (χ4v) is 3.19. The molecule has 1 saturated heterocycles. The van der Waals surface area contributed by atoms with Crippen molar-refractivity contribution < 1.29 is 4.79 Å². The normalized spacial score (nSPS) is 35.0. The SMILES string of the molecule is CC1CCCCC1N(C)C(=O)C1CCNC1. The lowest BCUT2D eigenvalue weighted by molar-refractivity contribution is -0.137. The maximum Gasteiger partial charge on any atom is 0.227 e. The highest BCUT2D eigenvalue weighted by molar-refractivity contribution is 5.79. The molecule has 92 valence electrons. The second-order valence-corrected chi connectivity index (χ2v) is 5.47. The van der Waals surface area contributed by atoms with E-state index >= 15 is 0 Å². The number of hydrogen-bond acceptors (Lipinski definition) is 2. The molecule has 1 aliphatic carbocycles. The Balaban J connectivity index is 1.94. The van der Waals surface area contributed by atoms with Gasteiger partial charge in [-0.05, 0) is 31.7 Å². The molecule has 0 bridgehead atoms. The minimum atomic E-state index is 0.235. The minimum absolute atomic E-state index is 0.235. The fourth-order valence-electron chi connectivity index (χ4n) is 3.19. The Bertz CT molecular complexity index is 248. The van der Waals surface area contributed by atoms with Crippen LogP contribution in [-0.4, -0.2) is 37.0 Å². The van der Waals surface area contributed by atoms with Crippen LogP contribution >= 0.6 is 0 Å². The van der Waals surface area contributed by atoms with Gasteiger partial charge in [0, 0.05) is 19.6 Å². The summed E-state index contributed by atoms with van der Waals surface area (Å²) in [6.07, 6.45) is 6.12. The molecule has 0 aromatic heterocycles. The number of nitrogens with one attached hydrogen (secondary N) is 1. The van der Waals surface area contributed by atoms with Crippen LogP contribution in [-0.2, 0) is 4.79 Å². The first-order valence-electron chi connectivity index (χ1n) is 6.67. The van der Waals surface area contributed by atoms with E-state index in [-0.39, 0.29) is 5.92 Å². The van der Waals surface area contributed by atoms with Gasteiger partial charge in [-0.1, -0.05) is 19.8 Å². The summed E-state index contributed by atoms with van der Waals surface area (Å²) < 4.78 is 0. The summed E-state index contributed by atoms with van der Waals surface area (Å²) in [4.78, 5) is 14.3. The van der Waals surface area contributed by atoms with Crippen LogP contribution in [0.3, 0.4) is 0 Å². The van der Waals surface area contributed by atoms with Crippen LogP contribution < -0.4 is 5.32 Å². The van der Waals surface area contributed by atoms with Crippen LogP contribution in [0.1, 0.15) is 39.0 Å². The molecule has 2 fully saturated rings. The molecular weight excluding hydrogens is 200 g/mol. The number of amides is 1. The topological polar surface area (TPSA) is 32.3 Å². The first-order chi connectivity index (χ1) is 7.70. The number of hydrogen-bond donors (Lipinski definition) is 1. The first kappa shape index (κ1) is 11.9. The average Bonchev–Trinajstić information content (AvgIpc) is 2.81. The molecule has 16 heavy (non-hydrogen) atoms. The summed E-state index contributed by atoms with van der Waals surface area (Å²) in [7, 11) is 2.01. The van der Waals surface area contributed by atoms with E-state index in [0.717, 1.165) is 19.5 Å². The molecular formula is C13H24N2O. The molecule has 2 aliphatic rings. The van der Waals surface area contributed by atoms with E-state index in [2.05, 4.69) is 12.2 Å². The van der Waals surface area contributed by atoms with Crippen molar-refractivity contribution in [3.8, 4) is 0 Å². The van der Waals surface area contributed by atoms with E-state index in [4.69, 9.17) is 0 Å². The predicted molar refractivity (Wildman–Crippen MR) is 65.2 cm³/mol. The zero-order chi connectivity index (χ0) is 11.5. The molecule has 1 amide bonds. The minimum Gasteiger partial charge on any atom is -0.342 e. The van der Waals surface area contributed by atoms with Crippen LogP contribution in [0.25, 0.3) is 0 Å². The van der Waals surface area contributed by atoms with E-state index in [0.29, 0.717) is 17.9 Å². The zero-order valence-corrected chi connectivity index (χ0v) is 10.5. The molecule has 0 spiro atoms. The molecule has 3 heteroatoms. The van der Waals surface area contributed by atoms with Crippen molar-refractivity contribution in [3.63, 3.8) is 0 Å². The van der Waals surface area contributed by atoms with Gasteiger partial charge in [-0.15, -0.1) is 0 Å². The molecule has 3 atom stereocenters. The van der Waals surface area contributed by atoms with E-state index in [9.17, 15) is 4.79 Å². The van der Waals surface area contributed by atoms with Crippen LogP contribution in [0.5, 0.6) is 0 Å². The van der Waals surface area contributed by atoms with Crippen molar-refractivity contribution in [1.82, 2.24) is 10.2 Å². The predicted octanol–water partition coefficient (Wildman–Crippen LogP) is 1.63. The van der Waals surface area contributed by atoms with Gasteiger partial charge in [0.2, 0.25) is 5.91 Å². The second kappa shape index (κ2) is 5.17. The van der Waals surface area contributed by atoms with Crippen LogP contribution in [0.4, 0.5) is 0 Å². The van der Waals surface area contributed by atoms with Gasteiger partial charge in [-0.3, -0.25) is 4.79 Å². The lowest BCUT2D eigenvalue weighted by Gasteiger charge is -2.37. The van der Waals surface area contributed by atoms with Gasteiger partial charge in [0.15, 0.2) is 0 Å². The largest absolute Gasteiger partial charge is 0.342 e. The van der Waals surface area contributed by atoms with E-state index in [1.807, 2.05) is 11.9 Å². The quantitative estimate of drug-likeness (QED) is 0.773. The highest BCUT2D eigenvalue weighted by Gasteiger charge is 2.32. The Labute approximate surface area is 98.6 Å². The van der Waals surface area contributed by atoms with Crippen LogP contribution in [0, 0.1) is 11.8 Å². The lowest BCUT2D eigenvalue weighted by atomic mass is 9.84. The smallest absolute Gasteiger partial charge is 0.227 e. The Morgan fingerprint density at radius 3 is 2.62 bits per heavy atom. The van der Waals surface area contributed by atoms with Gasteiger partial charge in [0.05, 0.1) is 5.92 Å². The van der Waals surface area contributed by atoms with E-state index < -0.39 is 0 Å². The Hall–Kier alpha value is -0.570. The summed E-state index contributed by atoms with van der Waals surface area (Å²) in [5, 5.41) is 3.27. The molecule has 1 saturated carbocycles. The van der Waals surface area contributed by atoms with Crippen molar-refractivity contribution in [2.24, 2.45) is 11.8 Å². The zero-order valence-electron chi connectivity index (χ0n) is 10.5. The van der Waals surface area contributed by atoms with Crippen LogP contribution in [0.15, 0.2) is 0 Å². The summed E-state index contributed by atoms with van der Waals surface area (Å²) in [5.41, 5.74) is 0. The van der Waals surface area contributed by atoms with Gasteiger partial charge in [-0.2, -0.15) is 0 Å². The van der Waals surface area contributed by atoms with Crippen molar-refractivity contribution in [1.29, 1.82) is 0 Å². The summed E-state index contributed by atoms with van der Waals surface area (Å²) in [6, 6.07) is 0.488. The van der Waals surface area contributed by atoms with Crippen molar-refractivity contribution in [2.75, 3.05) is 20.1 Å². The van der Waals surface area contributed by atoms with Gasteiger partial charge < -0.3 is 10.2 Å². The first-order valence-corrected chi connectivity index (χ1v) is 6.67. The maximum atomic E-state index is 12.3. The Kier molecular flexibility index (Phi) is 3.85. The number of carbonyl (C=O) groups excluding carboxylic acids is 1. The highest BCUT2D eigenvalue weighted by atomic mass is 16.2. The van der Waals surface area contributed by atoms with Crippen molar-refractivity contribution >= 4 is 5.91 Å². The molecule has 1 N–H and O–H groups in total. The standard InChI is InChI=1S/C13H24N2O/c1-10-5-3-4-6-12(10)15(2)13(16)11-7-8-14-9-11/h10-12,14H,3-9H2,1-2H3. The lowest BCUT2D eigenvalue weighted by Crippen LogP contribution is -2.45.